The van der Waals surface area contributed by atoms with Crippen LogP contribution in [0.25, 0.3) is 11.0 Å². The quantitative estimate of drug-likeness (QED) is 0.178. The van der Waals surface area contributed by atoms with Crippen molar-refractivity contribution in [1.29, 1.82) is 0 Å². The molecule has 1 aliphatic rings. The van der Waals surface area contributed by atoms with Crippen molar-refractivity contribution >= 4 is 16.7 Å². The summed E-state index contributed by atoms with van der Waals surface area (Å²) in [5, 5.41) is 7.38. The van der Waals surface area contributed by atoms with Gasteiger partial charge in [0.1, 0.15) is 5.82 Å². The van der Waals surface area contributed by atoms with Crippen LogP contribution in [0.3, 0.4) is 0 Å². The average molecular weight is 531 g/mol. The molecule has 0 radical (unpaired) electrons. The minimum absolute atomic E-state index is 0.399. The fourth-order valence-electron chi connectivity index (χ4n) is 5.86. The molecule has 2 aromatic heterocycles. The van der Waals surface area contributed by atoms with Crippen LogP contribution in [0.5, 0.6) is 0 Å². The van der Waals surface area contributed by atoms with Crippen LogP contribution in [0.2, 0.25) is 0 Å². The van der Waals surface area contributed by atoms with Crippen molar-refractivity contribution in [3.05, 3.63) is 126 Å². The molecule has 6 rings (SSSR count). The maximum absolute atomic E-state index is 4.94. The van der Waals surface area contributed by atoms with Crippen LogP contribution in [-0.4, -0.2) is 31.9 Å². The largest absolute Gasteiger partial charge is 0.381 e. The second-order valence-corrected chi connectivity index (χ2v) is 10.8. The standard InChI is InChI=1S/C34H38N6/c1-2-10-28(11-3-1)37-32-15-6-7-16-33(32)40(25-34-38-30-13-4-5-14-31(30)39-34)24-27-19-17-26(18-20-27)22-35-23-29-12-8-9-21-36-29/h1-5,8-14,17-21,32-33,35,37H,6-7,15-16,22-25H2,(H,38,39). The number of anilines is 1. The smallest absolute Gasteiger partial charge is 0.121 e. The molecule has 6 heteroatoms. The van der Waals surface area contributed by atoms with Crippen LogP contribution in [-0.2, 0) is 26.2 Å². The van der Waals surface area contributed by atoms with Gasteiger partial charge in [0.15, 0.2) is 0 Å². The molecule has 1 aliphatic carbocycles. The molecule has 0 spiro atoms. The summed E-state index contributed by atoms with van der Waals surface area (Å²) in [6, 6.07) is 34.9. The number of aromatic amines is 1. The molecule has 1 fully saturated rings. The molecule has 0 saturated heterocycles. The SMILES string of the molecule is c1ccc(NC2CCCCC2N(Cc2ccc(CNCc3ccccn3)cc2)Cc2nc3ccccc3[nH]2)cc1. The number of benzene rings is 3. The van der Waals surface area contributed by atoms with Crippen LogP contribution in [0, 0.1) is 0 Å². The summed E-state index contributed by atoms with van der Waals surface area (Å²) in [6.45, 7) is 3.27. The highest BCUT2D eigenvalue weighted by Crippen LogP contribution is 2.29. The Hall–Kier alpha value is -4.00. The maximum atomic E-state index is 4.94. The molecule has 0 amide bonds. The summed E-state index contributed by atoms with van der Waals surface area (Å²) in [5.74, 6) is 1.03. The second-order valence-electron chi connectivity index (χ2n) is 10.8. The molecule has 40 heavy (non-hydrogen) atoms. The molecule has 2 atom stereocenters. The predicted molar refractivity (Wildman–Crippen MR) is 163 cm³/mol. The van der Waals surface area contributed by atoms with Gasteiger partial charge in [0.2, 0.25) is 0 Å². The molecule has 3 aromatic carbocycles. The van der Waals surface area contributed by atoms with E-state index in [0.717, 1.165) is 48.7 Å². The van der Waals surface area contributed by atoms with Crippen LogP contribution in [0.4, 0.5) is 5.69 Å². The Morgan fingerprint density at radius 2 is 1.52 bits per heavy atom. The predicted octanol–water partition coefficient (Wildman–Crippen LogP) is 6.67. The summed E-state index contributed by atoms with van der Waals surface area (Å²) in [7, 11) is 0. The lowest BCUT2D eigenvalue weighted by molar-refractivity contribution is 0.126. The van der Waals surface area contributed by atoms with Gasteiger partial charge in [0.25, 0.3) is 0 Å². The molecule has 1 saturated carbocycles. The minimum Gasteiger partial charge on any atom is -0.381 e. The molecular formula is C34H38N6. The van der Waals surface area contributed by atoms with Gasteiger partial charge in [-0.05, 0) is 60.4 Å². The monoisotopic (exact) mass is 530 g/mol. The van der Waals surface area contributed by atoms with Crippen LogP contribution in [0.1, 0.15) is 48.3 Å². The summed E-state index contributed by atoms with van der Waals surface area (Å²) < 4.78 is 0. The van der Waals surface area contributed by atoms with E-state index in [1.807, 2.05) is 18.3 Å². The Bertz CT molecular complexity index is 1430. The first-order chi connectivity index (χ1) is 19.8. The van der Waals surface area contributed by atoms with E-state index in [2.05, 4.69) is 110 Å². The fourth-order valence-corrected chi connectivity index (χ4v) is 5.86. The molecule has 2 unspecified atom stereocenters. The Labute approximate surface area is 236 Å². The fraction of sp³-hybridized carbons (Fsp3) is 0.294. The molecule has 0 aliphatic heterocycles. The molecule has 5 aromatic rings. The average Bonchev–Trinajstić information content (AvgIpc) is 3.42. The van der Waals surface area contributed by atoms with E-state index in [0.29, 0.717) is 12.1 Å². The lowest BCUT2D eigenvalue weighted by atomic mass is 9.88. The lowest BCUT2D eigenvalue weighted by Gasteiger charge is -2.40. The minimum atomic E-state index is 0.399. The van der Waals surface area contributed by atoms with Crippen molar-refractivity contribution < 1.29 is 0 Å². The third-order valence-corrected chi connectivity index (χ3v) is 7.89. The number of H-pyrrole nitrogens is 1. The molecule has 0 bridgehead atoms. The van der Waals surface area contributed by atoms with Gasteiger partial charge in [-0.1, -0.05) is 73.5 Å². The number of fused-ring (bicyclic) bond motifs is 1. The summed E-state index contributed by atoms with van der Waals surface area (Å²) in [6.07, 6.45) is 6.72. The van der Waals surface area contributed by atoms with Crippen LogP contribution >= 0.6 is 0 Å². The normalized spacial score (nSPS) is 17.3. The van der Waals surface area contributed by atoms with E-state index < -0.39 is 0 Å². The maximum Gasteiger partial charge on any atom is 0.121 e. The van der Waals surface area contributed by atoms with E-state index in [1.54, 1.807) is 0 Å². The van der Waals surface area contributed by atoms with Crippen molar-refractivity contribution in [3.8, 4) is 0 Å². The van der Waals surface area contributed by atoms with E-state index >= 15 is 0 Å². The van der Waals surface area contributed by atoms with E-state index in [1.165, 1.54) is 42.5 Å². The van der Waals surface area contributed by atoms with Gasteiger partial charge in [0.05, 0.1) is 23.3 Å². The highest BCUT2D eigenvalue weighted by Gasteiger charge is 2.31. The van der Waals surface area contributed by atoms with E-state index in [4.69, 9.17) is 4.98 Å². The zero-order chi connectivity index (χ0) is 27.0. The van der Waals surface area contributed by atoms with Gasteiger partial charge < -0.3 is 15.6 Å². The van der Waals surface area contributed by atoms with Gasteiger partial charge in [-0.25, -0.2) is 4.98 Å². The summed E-state index contributed by atoms with van der Waals surface area (Å²) in [4.78, 5) is 15.5. The Morgan fingerprint density at radius 3 is 2.35 bits per heavy atom. The summed E-state index contributed by atoms with van der Waals surface area (Å²) in [5.41, 5.74) is 7.00. The number of nitrogens with zero attached hydrogens (tertiary/aromatic N) is 3. The van der Waals surface area contributed by atoms with E-state index in [9.17, 15) is 0 Å². The van der Waals surface area contributed by atoms with Crippen LogP contribution < -0.4 is 10.6 Å². The first-order valence-corrected chi connectivity index (χ1v) is 14.5. The molecule has 2 heterocycles. The highest BCUT2D eigenvalue weighted by molar-refractivity contribution is 5.74. The van der Waals surface area contributed by atoms with Crippen LogP contribution in [0.15, 0.2) is 103 Å². The van der Waals surface area contributed by atoms with Gasteiger partial charge in [0, 0.05) is 43.6 Å². The van der Waals surface area contributed by atoms with Gasteiger partial charge in [-0.15, -0.1) is 0 Å². The number of imidazole rings is 1. The lowest BCUT2D eigenvalue weighted by Crippen LogP contribution is -2.48. The zero-order valence-corrected chi connectivity index (χ0v) is 23.0. The Balaban J connectivity index is 1.18. The zero-order valence-electron chi connectivity index (χ0n) is 23.0. The first-order valence-electron chi connectivity index (χ1n) is 14.5. The topological polar surface area (TPSA) is 68.9 Å². The molecule has 204 valence electrons. The summed E-state index contributed by atoms with van der Waals surface area (Å²) >= 11 is 0. The second kappa shape index (κ2) is 12.9. The molecule has 6 nitrogen and oxygen atoms in total. The number of hydrogen-bond donors (Lipinski definition) is 3. The number of aromatic nitrogens is 3. The van der Waals surface area contributed by atoms with Crippen molar-refractivity contribution in [1.82, 2.24) is 25.2 Å². The van der Waals surface area contributed by atoms with Crippen molar-refractivity contribution in [2.75, 3.05) is 5.32 Å². The number of para-hydroxylation sites is 3. The number of pyridine rings is 1. The van der Waals surface area contributed by atoms with E-state index in [-0.39, 0.29) is 0 Å². The van der Waals surface area contributed by atoms with Gasteiger partial charge in [-0.2, -0.15) is 0 Å². The third kappa shape index (κ3) is 6.76. The van der Waals surface area contributed by atoms with Crippen molar-refractivity contribution in [2.24, 2.45) is 0 Å². The highest BCUT2D eigenvalue weighted by atomic mass is 15.2. The Kier molecular flexibility index (Phi) is 8.46. The van der Waals surface area contributed by atoms with Gasteiger partial charge >= 0.3 is 0 Å². The number of hydrogen-bond acceptors (Lipinski definition) is 5. The Morgan fingerprint density at radius 1 is 0.750 bits per heavy atom. The molecular weight excluding hydrogens is 492 g/mol. The molecule has 3 N–H and O–H groups in total. The van der Waals surface area contributed by atoms with Gasteiger partial charge in [-0.3, -0.25) is 9.88 Å². The van der Waals surface area contributed by atoms with Crippen molar-refractivity contribution in [3.63, 3.8) is 0 Å². The van der Waals surface area contributed by atoms with Crippen molar-refractivity contribution in [2.45, 2.75) is 63.9 Å². The third-order valence-electron chi connectivity index (χ3n) is 7.89. The number of nitrogens with one attached hydrogen (secondary N) is 3. The number of rotatable bonds is 11. The first kappa shape index (κ1) is 26.2.